The first-order valence-corrected chi connectivity index (χ1v) is 27.5. The number of nitrogens with zero attached hydrogens (tertiary/aromatic N) is 4. The maximum atomic E-state index is 13.7. The number of halogens is 2. The van der Waals surface area contributed by atoms with Gasteiger partial charge in [-0.15, -0.1) is 27.8 Å². The number of thiophene rings is 2. The number of rotatable bonds is 16. The first kappa shape index (κ1) is 46.9. The van der Waals surface area contributed by atoms with Gasteiger partial charge in [0.25, 0.3) is 0 Å². The molecule has 4 N–H and O–H groups in total. The van der Waals surface area contributed by atoms with Gasteiger partial charge in [0.15, 0.2) is 8.32 Å². The van der Waals surface area contributed by atoms with Crippen LogP contribution in [-0.2, 0) is 45.5 Å². The van der Waals surface area contributed by atoms with Crippen LogP contribution in [0.5, 0.6) is 5.75 Å². The summed E-state index contributed by atoms with van der Waals surface area (Å²) in [5.41, 5.74) is 5.13. The molecule has 6 aromatic rings. The third-order valence-electron chi connectivity index (χ3n) is 13.7. The van der Waals surface area contributed by atoms with Crippen molar-refractivity contribution in [2.75, 3.05) is 20.1 Å². The van der Waals surface area contributed by atoms with Crippen molar-refractivity contribution in [2.45, 2.75) is 127 Å². The van der Waals surface area contributed by atoms with E-state index in [9.17, 15) is 19.8 Å². The highest BCUT2D eigenvalue weighted by Crippen LogP contribution is 2.43. The fraction of sp³-hybridized carbons (Fsp3) is 0.489. The number of hydrogen-bond acceptors (Lipinski definition) is 12. The number of aliphatic hydroxyl groups is 1. The van der Waals surface area contributed by atoms with Gasteiger partial charge in [-0.05, 0) is 148 Å². The van der Waals surface area contributed by atoms with Gasteiger partial charge in [-0.25, -0.2) is 9.48 Å². The second kappa shape index (κ2) is 18.9. The summed E-state index contributed by atoms with van der Waals surface area (Å²) in [5, 5.41) is 36.3. The van der Waals surface area contributed by atoms with E-state index in [1.54, 1.807) is 36.4 Å². The highest BCUT2D eigenvalue weighted by Gasteiger charge is 2.46. The summed E-state index contributed by atoms with van der Waals surface area (Å²) >= 11 is 14.7. The van der Waals surface area contributed by atoms with E-state index in [1.165, 1.54) is 22.8 Å². The molecule has 1 fully saturated rings. The van der Waals surface area contributed by atoms with Gasteiger partial charge in [0.1, 0.15) is 17.4 Å². The van der Waals surface area contributed by atoms with Gasteiger partial charge in [-0.3, -0.25) is 4.79 Å². The van der Waals surface area contributed by atoms with Gasteiger partial charge in [-0.1, -0.05) is 55.3 Å². The van der Waals surface area contributed by atoms with Gasteiger partial charge in [0.2, 0.25) is 11.2 Å². The zero-order chi connectivity index (χ0) is 45.6. The summed E-state index contributed by atoms with van der Waals surface area (Å²) in [6.07, 6.45) is 6.61. The number of carbonyl (C=O) groups excluding carboxylic acids is 1. The van der Waals surface area contributed by atoms with Crippen molar-refractivity contribution in [1.82, 2.24) is 30.2 Å². The average molecular weight is 966 g/mol. The highest BCUT2D eigenvalue weighted by atomic mass is 35.5. The van der Waals surface area contributed by atoms with E-state index in [0.717, 1.165) is 96.3 Å². The molecule has 4 heterocycles. The second-order valence-corrected chi connectivity index (χ2v) is 27.1. The molecule has 0 bridgehead atoms. The number of aryl methyl sites for hydroxylation is 2. The third kappa shape index (κ3) is 9.61. The maximum absolute atomic E-state index is 13.7. The Morgan fingerprint density at radius 1 is 1.02 bits per heavy atom. The molecule has 0 radical (unpaired) electrons. The molecule has 12 nitrogen and oxygen atoms in total. The number of phenols is 1. The predicted octanol–water partition coefficient (Wildman–Crippen LogP) is 9.86. The van der Waals surface area contributed by atoms with E-state index in [4.69, 9.17) is 32.4 Å². The van der Waals surface area contributed by atoms with Crippen LogP contribution < -0.4 is 10.9 Å². The molecule has 0 spiro atoms. The number of esters is 1. The number of phenolic OH excluding ortho intramolecular Hbond substituents is 1. The topological polar surface area (TPSA) is 155 Å². The largest absolute Gasteiger partial charge is 0.506 e. The molecule has 0 unspecified atom stereocenters. The third-order valence-corrected chi connectivity index (χ3v) is 20.8. The molecule has 1 saturated carbocycles. The van der Waals surface area contributed by atoms with E-state index in [1.807, 2.05) is 6.07 Å². The molecule has 1 atom stereocenters. The standard InChI is InChI=1S/C47H58Cl2N6O6S2Si/c1-46(2,3)64(5,6)61-37(32-15-17-36(56)43-33(32)16-22-42(57)51-43)27-50-26-28-25-35-44(34-10-7-9-31(28)34)55(53-52-35)24-8-23-54(4)29-11-13-30(14-12-29)60-45(58)47(59,38-18-20-40(48)62-38)39-19-21-41(49)63-39/h15-22,25,29-30,37,50,56,59H,7-14,23-24,26-27H2,1-6H3,(H,51,57)/t29-,30-,37-/m0/s1. The molecule has 2 aromatic carbocycles. The fourth-order valence-corrected chi connectivity index (χ4v) is 12.7. The molecule has 0 saturated heterocycles. The van der Waals surface area contributed by atoms with Crippen LogP contribution in [0.25, 0.3) is 21.9 Å². The van der Waals surface area contributed by atoms with Gasteiger partial charge in [-0.2, -0.15) is 0 Å². The summed E-state index contributed by atoms with van der Waals surface area (Å²) in [5.74, 6) is -0.662. The van der Waals surface area contributed by atoms with Crippen molar-refractivity contribution in [1.29, 1.82) is 0 Å². The minimum Gasteiger partial charge on any atom is -0.506 e. The minimum atomic E-state index is -2.23. The Morgan fingerprint density at radius 2 is 1.70 bits per heavy atom. The Bertz CT molecular complexity index is 2660. The van der Waals surface area contributed by atoms with Crippen molar-refractivity contribution in [3.05, 3.63) is 106 Å². The van der Waals surface area contributed by atoms with E-state index >= 15 is 0 Å². The second-order valence-electron chi connectivity index (χ2n) is 18.9. The monoisotopic (exact) mass is 964 g/mol. The first-order valence-electron chi connectivity index (χ1n) is 22.2. The maximum Gasteiger partial charge on any atom is 0.349 e. The van der Waals surface area contributed by atoms with Gasteiger partial charge < -0.3 is 34.6 Å². The lowest BCUT2D eigenvalue weighted by molar-refractivity contribution is -0.169. The van der Waals surface area contributed by atoms with Crippen LogP contribution in [0.15, 0.2) is 59.4 Å². The summed E-state index contributed by atoms with van der Waals surface area (Å²) in [6, 6.07) is 16.0. The first-order chi connectivity index (χ1) is 30.4. The highest BCUT2D eigenvalue weighted by molar-refractivity contribution is 7.18. The zero-order valence-corrected chi connectivity index (χ0v) is 41.4. The Hall–Kier alpha value is -3.64. The number of pyridine rings is 1. The lowest BCUT2D eigenvalue weighted by atomic mass is 9.91. The predicted molar refractivity (Wildman–Crippen MR) is 260 cm³/mol. The molecule has 2 aliphatic carbocycles. The number of aromatic amines is 1. The summed E-state index contributed by atoms with van der Waals surface area (Å²) < 4.78 is 16.1. The van der Waals surface area contributed by atoms with Gasteiger partial charge in [0, 0.05) is 37.1 Å². The van der Waals surface area contributed by atoms with Crippen LogP contribution in [0, 0.1) is 0 Å². The Morgan fingerprint density at radius 3 is 2.36 bits per heavy atom. The van der Waals surface area contributed by atoms with Crippen LogP contribution in [0.3, 0.4) is 0 Å². The number of aromatic nitrogens is 4. The van der Waals surface area contributed by atoms with E-state index < -0.39 is 19.9 Å². The number of carbonyl (C=O) groups is 1. The van der Waals surface area contributed by atoms with Crippen molar-refractivity contribution in [2.24, 2.45) is 0 Å². The minimum absolute atomic E-state index is 0.0186. The SMILES string of the molecule is CN(CCCn1nnc2cc(CNC[C@H](O[Si](C)(C)C(C)(C)C)c3ccc(O)c4[nH]c(=O)ccc34)c3c(c21)CCC3)[C@H]1CC[C@H](OC(=O)C(O)(c2ccc(Cl)s2)c2ccc(Cl)s2)CC1. The summed E-state index contributed by atoms with van der Waals surface area (Å²) in [4.78, 5) is 31.9. The molecule has 2 aliphatic rings. The van der Waals surface area contributed by atoms with E-state index in [-0.39, 0.29) is 28.6 Å². The van der Waals surface area contributed by atoms with E-state index in [2.05, 4.69) is 77.2 Å². The molecule has 342 valence electrons. The van der Waals surface area contributed by atoms with Crippen LogP contribution in [0.4, 0.5) is 0 Å². The molecular formula is C47H58Cl2N6O6S2Si. The summed E-state index contributed by atoms with van der Waals surface area (Å²) in [6.45, 7) is 14.0. The number of H-pyrrole nitrogens is 1. The number of ether oxygens (including phenoxy) is 1. The van der Waals surface area contributed by atoms with Gasteiger partial charge >= 0.3 is 5.97 Å². The van der Waals surface area contributed by atoms with Crippen LogP contribution in [0.2, 0.25) is 26.8 Å². The Kier molecular flexibility index (Phi) is 13.9. The smallest absolute Gasteiger partial charge is 0.349 e. The molecule has 0 amide bonds. The van der Waals surface area contributed by atoms with Crippen LogP contribution in [-0.4, -0.2) is 81.7 Å². The molecule has 17 heteroatoms. The van der Waals surface area contributed by atoms with Crippen LogP contribution in [0.1, 0.15) is 97.4 Å². The van der Waals surface area contributed by atoms with Gasteiger partial charge in [0.05, 0.1) is 35.6 Å². The number of fused-ring (bicyclic) bond motifs is 4. The Labute approximate surface area is 393 Å². The number of nitrogens with one attached hydrogen (secondary N) is 2. The van der Waals surface area contributed by atoms with Crippen molar-refractivity contribution in [3.63, 3.8) is 0 Å². The molecule has 8 rings (SSSR count). The molecule has 4 aromatic heterocycles. The Balaban J connectivity index is 0.884. The van der Waals surface area contributed by atoms with Crippen molar-refractivity contribution in [3.8, 4) is 5.75 Å². The fourth-order valence-electron chi connectivity index (χ4n) is 9.12. The molecular weight excluding hydrogens is 908 g/mol. The molecule has 0 aliphatic heterocycles. The summed E-state index contributed by atoms with van der Waals surface area (Å²) in [7, 11) is -0.0650. The lowest BCUT2D eigenvalue weighted by Crippen LogP contribution is -2.43. The van der Waals surface area contributed by atoms with Crippen LogP contribution >= 0.6 is 45.9 Å². The van der Waals surface area contributed by atoms with E-state index in [0.29, 0.717) is 55.9 Å². The molecule has 64 heavy (non-hydrogen) atoms. The lowest BCUT2D eigenvalue weighted by Gasteiger charge is -2.39. The average Bonchev–Trinajstić information content (AvgIpc) is 4.08. The van der Waals surface area contributed by atoms with Crippen molar-refractivity contribution < 1.29 is 24.2 Å². The number of hydrogen-bond donors (Lipinski definition) is 4. The number of aromatic hydroxyl groups is 1. The number of benzene rings is 2. The normalized spacial score (nSPS) is 17.7. The van der Waals surface area contributed by atoms with Crippen molar-refractivity contribution >= 4 is 82.1 Å². The zero-order valence-electron chi connectivity index (χ0n) is 37.3. The quantitative estimate of drug-likeness (QED) is 0.0545.